The highest BCUT2D eigenvalue weighted by atomic mass is 16.1. The minimum atomic E-state index is -0.125. The highest BCUT2D eigenvalue weighted by Crippen LogP contribution is 2.31. The Morgan fingerprint density at radius 1 is 1.24 bits per heavy atom. The van der Waals surface area contributed by atoms with E-state index in [4.69, 9.17) is 0 Å². The molecule has 3 heterocycles. The molecule has 132 valence electrons. The quantitative estimate of drug-likeness (QED) is 0.888. The van der Waals surface area contributed by atoms with Gasteiger partial charge in [0, 0.05) is 37.4 Å². The van der Waals surface area contributed by atoms with E-state index in [2.05, 4.69) is 37.3 Å². The summed E-state index contributed by atoms with van der Waals surface area (Å²) < 4.78 is 0. The van der Waals surface area contributed by atoms with Crippen LogP contribution >= 0.6 is 0 Å². The Morgan fingerprint density at radius 3 is 2.84 bits per heavy atom. The van der Waals surface area contributed by atoms with Crippen molar-refractivity contribution in [3.05, 3.63) is 35.8 Å². The molecule has 0 spiro atoms. The Labute approximate surface area is 147 Å². The molecule has 1 fully saturated rings. The molecule has 25 heavy (non-hydrogen) atoms. The molecule has 7 heteroatoms. The van der Waals surface area contributed by atoms with E-state index >= 15 is 0 Å². The SMILES string of the molecule is CN1CCN(c2ccc(NC(=O)C3CCCc4[nH]ncc43)cn2)CC1. The van der Waals surface area contributed by atoms with Crippen LogP contribution in [0.1, 0.15) is 30.0 Å². The maximum absolute atomic E-state index is 12.7. The lowest BCUT2D eigenvalue weighted by molar-refractivity contribution is -0.117. The number of hydrogen-bond donors (Lipinski definition) is 2. The number of rotatable bonds is 3. The number of likely N-dealkylation sites (N-methyl/N-ethyl adjacent to an activating group) is 1. The number of piperazine rings is 1. The lowest BCUT2D eigenvalue weighted by atomic mass is 9.86. The van der Waals surface area contributed by atoms with E-state index < -0.39 is 0 Å². The van der Waals surface area contributed by atoms with Crippen LogP contribution < -0.4 is 10.2 Å². The molecule has 7 nitrogen and oxygen atoms in total. The Hall–Kier alpha value is -2.41. The Bertz CT molecular complexity index is 732. The van der Waals surface area contributed by atoms with Gasteiger partial charge in [-0.25, -0.2) is 4.98 Å². The molecule has 2 aromatic heterocycles. The first kappa shape index (κ1) is 16.1. The Balaban J connectivity index is 1.41. The molecule has 0 saturated carbocycles. The molecular formula is C18H24N6O. The molecule has 2 aromatic rings. The maximum Gasteiger partial charge on any atom is 0.232 e. The van der Waals surface area contributed by atoms with Crippen molar-refractivity contribution in [1.29, 1.82) is 0 Å². The van der Waals surface area contributed by atoms with Gasteiger partial charge in [0.15, 0.2) is 0 Å². The van der Waals surface area contributed by atoms with Gasteiger partial charge in [0.25, 0.3) is 0 Å². The fraction of sp³-hybridized carbons (Fsp3) is 0.500. The highest BCUT2D eigenvalue weighted by molar-refractivity contribution is 5.96. The van der Waals surface area contributed by atoms with E-state index in [-0.39, 0.29) is 11.8 Å². The zero-order valence-corrected chi connectivity index (χ0v) is 14.5. The van der Waals surface area contributed by atoms with Crippen LogP contribution in [0.2, 0.25) is 0 Å². The zero-order valence-electron chi connectivity index (χ0n) is 14.5. The Kier molecular flexibility index (Phi) is 4.40. The van der Waals surface area contributed by atoms with Crippen molar-refractivity contribution in [2.75, 3.05) is 43.4 Å². The second-order valence-corrected chi connectivity index (χ2v) is 6.93. The van der Waals surface area contributed by atoms with E-state index in [0.29, 0.717) is 0 Å². The molecule has 0 radical (unpaired) electrons. The van der Waals surface area contributed by atoms with Crippen LogP contribution in [-0.4, -0.2) is 59.2 Å². The third-order valence-corrected chi connectivity index (χ3v) is 5.21. The van der Waals surface area contributed by atoms with Gasteiger partial charge in [0.2, 0.25) is 5.91 Å². The maximum atomic E-state index is 12.7. The lowest BCUT2D eigenvalue weighted by Gasteiger charge is -2.33. The first-order valence-electron chi connectivity index (χ1n) is 8.93. The number of pyridine rings is 1. The van der Waals surface area contributed by atoms with Crippen molar-refractivity contribution in [3.63, 3.8) is 0 Å². The van der Waals surface area contributed by atoms with E-state index in [1.807, 2.05) is 12.1 Å². The van der Waals surface area contributed by atoms with Gasteiger partial charge in [-0.1, -0.05) is 0 Å². The molecular weight excluding hydrogens is 316 g/mol. The number of nitrogens with one attached hydrogen (secondary N) is 2. The number of aromatic nitrogens is 3. The topological polar surface area (TPSA) is 77.1 Å². The van der Waals surface area contributed by atoms with Gasteiger partial charge in [-0.2, -0.15) is 5.10 Å². The zero-order chi connectivity index (χ0) is 17.2. The fourth-order valence-corrected chi connectivity index (χ4v) is 3.65. The van der Waals surface area contributed by atoms with Crippen molar-refractivity contribution in [2.24, 2.45) is 0 Å². The van der Waals surface area contributed by atoms with Crippen LogP contribution in [0.3, 0.4) is 0 Å². The molecule has 0 bridgehead atoms. The monoisotopic (exact) mass is 340 g/mol. The predicted octanol–water partition coefficient (Wildman–Crippen LogP) is 1.62. The number of amides is 1. The molecule has 2 aliphatic rings. The van der Waals surface area contributed by atoms with Crippen LogP contribution in [0.25, 0.3) is 0 Å². The van der Waals surface area contributed by atoms with Gasteiger partial charge in [0.05, 0.1) is 24.0 Å². The number of anilines is 2. The molecule has 2 N–H and O–H groups in total. The van der Waals surface area contributed by atoms with Crippen LogP contribution in [0.15, 0.2) is 24.5 Å². The molecule has 1 saturated heterocycles. The number of carbonyl (C=O) groups excluding carboxylic acids is 1. The molecule has 1 aliphatic carbocycles. The van der Waals surface area contributed by atoms with Gasteiger partial charge in [-0.05, 0) is 38.4 Å². The summed E-state index contributed by atoms with van der Waals surface area (Å²) in [5.74, 6) is 0.872. The second kappa shape index (κ2) is 6.84. The van der Waals surface area contributed by atoms with Crippen LogP contribution in [0, 0.1) is 0 Å². The summed E-state index contributed by atoms with van der Waals surface area (Å²) in [6.07, 6.45) is 6.39. The van der Waals surface area contributed by atoms with Crippen molar-refractivity contribution < 1.29 is 4.79 Å². The summed E-state index contributed by atoms with van der Waals surface area (Å²) in [7, 11) is 2.14. The van der Waals surface area contributed by atoms with Gasteiger partial charge in [-0.3, -0.25) is 9.89 Å². The van der Waals surface area contributed by atoms with Crippen LogP contribution in [-0.2, 0) is 11.2 Å². The number of aryl methyl sites for hydroxylation is 1. The number of aromatic amines is 1. The van der Waals surface area contributed by atoms with Gasteiger partial charge < -0.3 is 15.1 Å². The third kappa shape index (κ3) is 3.37. The van der Waals surface area contributed by atoms with Crippen molar-refractivity contribution in [1.82, 2.24) is 20.1 Å². The van der Waals surface area contributed by atoms with Crippen LogP contribution in [0.5, 0.6) is 0 Å². The smallest absolute Gasteiger partial charge is 0.232 e. The van der Waals surface area contributed by atoms with E-state index in [1.54, 1.807) is 12.4 Å². The van der Waals surface area contributed by atoms with E-state index in [9.17, 15) is 4.79 Å². The summed E-state index contributed by atoms with van der Waals surface area (Å²) in [5, 5.41) is 10.1. The normalized spacial score (nSPS) is 21.0. The van der Waals surface area contributed by atoms with Crippen molar-refractivity contribution in [3.8, 4) is 0 Å². The van der Waals surface area contributed by atoms with Crippen molar-refractivity contribution in [2.45, 2.75) is 25.2 Å². The number of carbonyl (C=O) groups is 1. The molecule has 1 unspecified atom stereocenters. The average molecular weight is 340 g/mol. The number of nitrogens with zero attached hydrogens (tertiary/aromatic N) is 4. The number of fused-ring (bicyclic) bond motifs is 1. The number of H-pyrrole nitrogens is 1. The average Bonchev–Trinajstić information content (AvgIpc) is 3.12. The first-order chi connectivity index (χ1) is 12.2. The molecule has 4 rings (SSSR count). The van der Waals surface area contributed by atoms with Gasteiger partial charge in [0.1, 0.15) is 5.82 Å². The van der Waals surface area contributed by atoms with Gasteiger partial charge in [-0.15, -0.1) is 0 Å². The predicted molar refractivity (Wildman–Crippen MR) is 96.8 cm³/mol. The summed E-state index contributed by atoms with van der Waals surface area (Å²) in [6, 6.07) is 3.93. The molecule has 1 aliphatic heterocycles. The standard InChI is InChI=1S/C18H24N6O/c1-23-7-9-24(10-8-23)17-6-5-13(11-19-17)21-18(25)14-3-2-4-16-15(14)12-20-22-16/h5-6,11-12,14H,2-4,7-10H2,1H3,(H,20,22)(H,21,25). The summed E-state index contributed by atoms with van der Waals surface area (Å²) >= 11 is 0. The minimum absolute atomic E-state index is 0.0245. The summed E-state index contributed by atoms with van der Waals surface area (Å²) in [4.78, 5) is 21.8. The summed E-state index contributed by atoms with van der Waals surface area (Å²) in [5.41, 5.74) is 2.87. The second-order valence-electron chi connectivity index (χ2n) is 6.93. The van der Waals surface area contributed by atoms with E-state index in [1.165, 1.54) is 0 Å². The summed E-state index contributed by atoms with van der Waals surface area (Å²) in [6.45, 7) is 4.07. The number of hydrogen-bond acceptors (Lipinski definition) is 5. The largest absolute Gasteiger partial charge is 0.354 e. The van der Waals surface area contributed by atoms with Crippen LogP contribution in [0.4, 0.5) is 11.5 Å². The fourth-order valence-electron chi connectivity index (χ4n) is 3.65. The first-order valence-corrected chi connectivity index (χ1v) is 8.93. The molecule has 1 atom stereocenters. The lowest BCUT2D eigenvalue weighted by Crippen LogP contribution is -2.44. The Morgan fingerprint density at radius 2 is 2.08 bits per heavy atom. The van der Waals surface area contributed by atoms with Gasteiger partial charge >= 0.3 is 0 Å². The molecule has 1 amide bonds. The van der Waals surface area contributed by atoms with E-state index in [0.717, 1.165) is 68.2 Å². The minimum Gasteiger partial charge on any atom is -0.354 e. The molecule has 0 aromatic carbocycles. The third-order valence-electron chi connectivity index (χ3n) is 5.21. The highest BCUT2D eigenvalue weighted by Gasteiger charge is 2.28. The van der Waals surface area contributed by atoms with Crippen molar-refractivity contribution >= 4 is 17.4 Å².